The van der Waals surface area contributed by atoms with Crippen LogP contribution in [-0.4, -0.2) is 27.9 Å². The molecule has 3 atom stereocenters. The Morgan fingerprint density at radius 2 is 2.11 bits per heavy atom. The zero-order chi connectivity index (χ0) is 13.1. The number of aromatic nitrogens is 3. The second-order valence-corrected chi connectivity index (χ2v) is 5.58. The number of nitrogens with one attached hydrogen (secondary N) is 1. The minimum Gasteiger partial charge on any atom is -0.315 e. The fourth-order valence-electron chi connectivity index (χ4n) is 3.36. The lowest BCUT2D eigenvalue weighted by Gasteiger charge is -2.36. The summed E-state index contributed by atoms with van der Waals surface area (Å²) in [7, 11) is 2.07. The molecule has 0 amide bonds. The fourth-order valence-corrected chi connectivity index (χ4v) is 3.36. The number of nitrogens with zero attached hydrogens (tertiary/aromatic N) is 3. The molecule has 0 spiro atoms. The quantitative estimate of drug-likeness (QED) is 0.893. The molecule has 1 aliphatic rings. The van der Waals surface area contributed by atoms with Gasteiger partial charge in [0.1, 0.15) is 11.6 Å². The molecule has 1 fully saturated rings. The van der Waals surface area contributed by atoms with E-state index in [2.05, 4.69) is 41.0 Å². The van der Waals surface area contributed by atoms with Gasteiger partial charge in [-0.05, 0) is 46.1 Å². The number of hydrogen-bond donors (Lipinski definition) is 1. The Bertz CT molecular complexity index is 385. The van der Waals surface area contributed by atoms with Gasteiger partial charge in [0.05, 0.1) is 6.04 Å². The van der Waals surface area contributed by atoms with Crippen LogP contribution in [0, 0.1) is 19.8 Å². The van der Waals surface area contributed by atoms with Gasteiger partial charge in [0.15, 0.2) is 0 Å². The van der Waals surface area contributed by atoms with Crippen LogP contribution in [0.5, 0.6) is 0 Å². The van der Waals surface area contributed by atoms with Gasteiger partial charge in [-0.3, -0.25) is 0 Å². The van der Waals surface area contributed by atoms with Crippen LogP contribution in [0.1, 0.15) is 56.7 Å². The second-order valence-electron chi connectivity index (χ2n) is 5.58. The molecule has 1 N–H and O–H groups in total. The van der Waals surface area contributed by atoms with E-state index >= 15 is 0 Å². The van der Waals surface area contributed by atoms with E-state index in [0.29, 0.717) is 12.1 Å². The molecular formula is C14H26N4. The SMILES string of the molecule is CCCC1CCC(NC)C(n2nc(C)nc2C)C1. The minimum atomic E-state index is 0.474. The normalized spacial score (nSPS) is 28.6. The summed E-state index contributed by atoms with van der Waals surface area (Å²) in [5.41, 5.74) is 0. The summed E-state index contributed by atoms with van der Waals surface area (Å²) in [6, 6.07) is 1.01. The Balaban J connectivity index is 2.18. The van der Waals surface area contributed by atoms with Crippen molar-refractivity contribution in [3.05, 3.63) is 11.6 Å². The second kappa shape index (κ2) is 5.83. The van der Waals surface area contributed by atoms with Crippen molar-refractivity contribution in [2.45, 2.75) is 65.0 Å². The van der Waals surface area contributed by atoms with E-state index in [9.17, 15) is 0 Å². The molecule has 18 heavy (non-hydrogen) atoms. The summed E-state index contributed by atoms with van der Waals surface area (Å²) < 4.78 is 2.15. The summed E-state index contributed by atoms with van der Waals surface area (Å²) in [6.07, 6.45) is 6.48. The van der Waals surface area contributed by atoms with E-state index in [1.165, 1.54) is 32.1 Å². The molecule has 102 valence electrons. The summed E-state index contributed by atoms with van der Waals surface area (Å²) in [6.45, 7) is 6.32. The van der Waals surface area contributed by atoms with Crippen LogP contribution in [0.2, 0.25) is 0 Å². The fraction of sp³-hybridized carbons (Fsp3) is 0.857. The molecule has 2 rings (SSSR count). The Morgan fingerprint density at radius 1 is 1.33 bits per heavy atom. The average molecular weight is 250 g/mol. The van der Waals surface area contributed by atoms with E-state index in [0.717, 1.165) is 17.6 Å². The topological polar surface area (TPSA) is 42.7 Å². The molecule has 0 radical (unpaired) electrons. The van der Waals surface area contributed by atoms with Gasteiger partial charge in [0.2, 0.25) is 0 Å². The monoisotopic (exact) mass is 250 g/mol. The van der Waals surface area contributed by atoms with Crippen molar-refractivity contribution in [3.8, 4) is 0 Å². The largest absolute Gasteiger partial charge is 0.315 e. The lowest BCUT2D eigenvalue weighted by atomic mass is 9.80. The third-order valence-electron chi connectivity index (χ3n) is 4.21. The van der Waals surface area contributed by atoms with Crippen LogP contribution in [0.15, 0.2) is 0 Å². The summed E-state index contributed by atoms with van der Waals surface area (Å²) in [5, 5.41) is 8.06. The predicted octanol–water partition coefficient (Wildman–Crippen LogP) is 2.62. The average Bonchev–Trinajstić information content (AvgIpc) is 2.69. The van der Waals surface area contributed by atoms with Crippen molar-refractivity contribution in [1.82, 2.24) is 20.1 Å². The molecule has 1 saturated carbocycles. The van der Waals surface area contributed by atoms with Crippen molar-refractivity contribution >= 4 is 0 Å². The van der Waals surface area contributed by atoms with E-state index in [4.69, 9.17) is 0 Å². The van der Waals surface area contributed by atoms with E-state index in [1.807, 2.05) is 6.92 Å². The highest BCUT2D eigenvalue weighted by atomic mass is 15.4. The van der Waals surface area contributed by atoms with Crippen molar-refractivity contribution in [3.63, 3.8) is 0 Å². The lowest BCUT2D eigenvalue weighted by Crippen LogP contribution is -2.40. The van der Waals surface area contributed by atoms with E-state index < -0.39 is 0 Å². The van der Waals surface area contributed by atoms with Crippen molar-refractivity contribution < 1.29 is 0 Å². The van der Waals surface area contributed by atoms with Crippen molar-refractivity contribution in [1.29, 1.82) is 0 Å². The van der Waals surface area contributed by atoms with Crippen LogP contribution in [0.4, 0.5) is 0 Å². The van der Waals surface area contributed by atoms with E-state index in [-0.39, 0.29) is 0 Å². The van der Waals surface area contributed by atoms with Crippen LogP contribution in [0.3, 0.4) is 0 Å². The first-order valence-corrected chi connectivity index (χ1v) is 7.22. The maximum absolute atomic E-state index is 4.59. The number of aryl methyl sites for hydroxylation is 2. The maximum Gasteiger partial charge on any atom is 0.147 e. The molecule has 1 aromatic heterocycles. The summed E-state index contributed by atoms with van der Waals surface area (Å²) in [4.78, 5) is 4.45. The van der Waals surface area contributed by atoms with Gasteiger partial charge in [-0.15, -0.1) is 0 Å². The predicted molar refractivity (Wildman–Crippen MR) is 73.6 cm³/mol. The van der Waals surface area contributed by atoms with Gasteiger partial charge in [0.25, 0.3) is 0 Å². The molecule has 0 bridgehead atoms. The van der Waals surface area contributed by atoms with Gasteiger partial charge in [-0.1, -0.05) is 19.8 Å². The summed E-state index contributed by atoms with van der Waals surface area (Å²) in [5.74, 6) is 2.79. The number of likely N-dealkylation sites (N-methyl/N-ethyl adjacent to an activating group) is 1. The Kier molecular flexibility index (Phi) is 4.38. The molecular weight excluding hydrogens is 224 g/mol. The zero-order valence-electron chi connectivity index (χ0n) is 12.1. The Morgan fingerprint density at radius 3 is 2.67 bits per heavy atom. The molecule has 4 nitrogen and oxygen atoms in total. The standard InChI is InChI=1S/C14H26N4/c1-5-6-12-7-8-13(15-4)14(9-12)18-11(3)16-10(2)17-18/h12-15H,5-9H2,1-4H3. The molecule has 0 aromatic carbocycles. The van der Waals surface area contributed by atoms with Gasteiger partial charge in [-0.2, -0.15) is 5.10 Å². The Hall–Kier alpha value is -0.900. The third kappa shape index (κ3) is 2.74. The zero-order valence-corrected chi connectivity index (χ0v) is 12.1. The molecule has 1 heterocycles. The van der Waals surface area contributed by atoms with Crippen molar-refractivity contribution in [2.75, 3.05) is 7.05 Å². The number of hydrogen-bond acceptors (Lipinski definition) is 3. The first-order valence-electron chi connectivity index (χ1n) is 7.22. The lowest BCUT2D eigenvalue weighted by molar-refractivity contribution is 0.190. The van der Waals surface area contributed by atoms with Crippen LogP contribution < -0.4 is 5.32 Å². The molecule has 0 aliphatic heterocycles. The first kappa shape index (κ1) is 13.5. The molecule has 3 unspecified atom stereocenters. The highest BCUT2D eigenvalue weighted by Gasteiger charge is 2.31. The number of rotatable bonds is 4. The van der Waals surface area contributed by atoms with Gasteiger partial charge >= 0.3 is 0 Å². The maximum atomic E-state index is 4.59. The highest BCUT2D eigenvalue weighted by Crippen LogP contribution is 2.35. The molecule has 1 aliphatic carbocycles. The molecule has 1 aromatic rings. The van der Waals surface area contributed by atoms with Gasteiger partial charge in [0, 0.05) is 6.04 Å². The first-order chi connectivity index (χ1) is 8.65. The summed E-state index contributed by atoms with van der Waals surface area (Å²) >= 11 is 0. The van der Waals surface area contributed by atoms with Crippen LogP contribution in [0.25, 0.3) is 0 Å². The third-order valence-corrected chi connectivity index (χ3v) is 4.21. The highest BCUT2D eigenvalue weighted by molar-refractivity contribution is 4.96. The van der Waals surface area contributed by atoms with Crippen LogP contribution in [-0.2, 0) is 0 Å². The molecule has 4 heteroatoms. The van der Waals surface area contributed by atoms with Crippen LogP contribution >= 0.6 is 0 Å². The molecule has 0 saturated heterocycles. The van der Waals surface area contributed by atoms with E-state index in [1.54, 1.807) is 0 Å². The van der Waals surface area contributed by atoms with Crippen molar-refractivity contribution in [2.24, 2.45) is 5.92 Å². The minimum absolute atomic E-state index is 0.474. The van der Waals surface area contributed by atoms with Gasteiger partial charge < -0.3 is 5.32 Å². The Labute approximate surface area is 110 Å². The van der Waals surface area contributed by atoms with Gasteiger partial charge in [-0.25, -0.2) is 9.67 Å². The smallest absolute Gasteiger partial charge is 0.147 e.